The van der Waals surface area contributed by atoms with Gasteiger partial charge in [0.2, 0.25) is 5.91 Å². The van der Waals surface area contributed by atoms with E-state index in [0.717, 1.165) is 21.9 Å². The van der Waals surface area contributed by atoms with Crippen LogP contribution < -0.4 is 10.1 Å². The van der Waals surface area contributed by atoms with Crippen molar-refractivity contribution in [2.24, 2.45) is 0 Å². The van der Waals surface area contributed by atoms with Crippen LogP contribution in [0.1, 0.15) is 29.7 Å². The van der Waals surface area contributed by atoms with Crippen molar-refractivity contribution in [2.75, 3.05) is 0 Å². The molecule has 0 saturated carbocycles. The van der Waals surface area contributed by atoms with Crippen molar-refractivity contribution in [3.63, 3.8) is 0 Å². The van der Waals surface area contributed by atoms with Gasteiger partial charge >= 0.3 is 5.97 Å². The largest absolute Gasteiger partial charge is 0.426 e. The van der Waals surface area contributed by atoms with Gasteiger partial charge in [0.25, 0.3) is 0 Å². The molecule has 0 fully saturated rings. The van der Waals surface area contributed by atoms with Gasteiger partial charge in [0.05, 0.1) is 12.5 Å². The van der Waals surface area contributed by atoms with Crippen molar-refractivity contribution in [3.8, 4) is 5.75 Å². The lowest BCUT2D eigenvalue weighted by Gasteiger charge is -2.24. The molecule has 32 heavy (non-hydrogen) atoms. The van der Waals surface area contributed by atoms with E-state index in [0.29, 0.717) is 16.3 Å². The maximum atomic E-state index is 13.1. The Hall–Kier alpha value is -3.63. The molecule has 0 radical (unpaired) electrons. The molecule has 1 N–H and O–H groups in total. The highest BCUT2D eigenvalue weighted by Crippen LogP contribution is 2.38. The average Bonchev–Trinajstić information content (AvgIpc) is 2.78. The maximum Gasteiger partial charge on any atom is 0.308 e. The fourth-order valence-corrected chi connectivity index (χ4v) is 4.07. The lowest BCUT2D eigenvalue weighted by molar-refractivity contribution is -0.131. The van der Waals surface area contributed by atoms with Crippen LogP contribution >= 0.6 is 11.6 Å². The second kappa shape index (κ2) is 9.67. The minimum absolute atomic E-state index is 0.164. The third-order valence-electron chi connectivity index (χ3n) is 5.20. The van der Waals surface area contributed by atoms with Gasteiger partial charge in [0.1, 0.15) is 5.75 Å². The molecule has 0 aliphatic heterocycles. The van der Waals surface area contributed by atoms with E-state index in [9.17, 15) is 9.59 Å². The first-order valence-electron chi connectivity index (χ1n) is 10.3. The molecule has 0 aromatic heterocycles. The Bertz CT molecular complexity index is 1270. The molecule has 0 unspecified atom stereocenters. The molecule has 0 saturated heterocycles. The van der Waals surface area contributed by atoms with Gasteiger partial charge in [-0.1, -0.05) is 90.5 Å². The van der Waals surface area contributed by atoms with E-state index < -0.39 is 12.0 Å². The van der Waals surface area contributed by atoms with E-state index in [-0.39, 0.29) is 12.3 Å². The minimum Gasteiger partial charge on any atom is -0.426 e. The number of carbonyl (C=O) groups excluding carboxylic acids is 2. The standard InChI is InChI=1S/C27H22ClNO3/c1-18(30)32-24-16-15-20-11-5-6-12-21(20)26(24)27(22-13-7-8-14-23(22)28)29-25(31)17-19-9-3-2-4-10-19/h2-16,27H,17H2,1H3,(H,29,31)/t27-/m1/s1. The first kappa shape index (κ1) is 21.6. The molecule has 4 aromatic carbocycles. The molecule has 0 spiro atoms. The SMILES string of the molecule is CC(=O)Oc1ccc2ccccc2c1[C@H](NC(=O)Cc1ccccc1)c1ccccc1Cl. The van der Waals surface area contributed by atoms with Crippen molar-refractivity contribution in [1.29, 1.82) is 0 Å². The molecular formula is C27H22ClNO3. The van der Waals surface area contributed by atoms with Crippen LogP contribution in [-0.4, -0.2) is 11.9 Å². The Labute approximate surface area is 191 Å². The zero-order chi connectivity index (χ0) is 22.5. The average molecular weight is 444 g/mol. The summed E-state index contributed by atoms with van der Waals surface area (Å²) in [5.41, 5.74) is 2.31. The second-order valence-corrected chi connectivity index (χ2v) is 7.88. The molecule has 1 atom stereocenters. The Balaban J connectivity index is 1.85. The summed E-state index contributed by atoms with van der Waals surface area (Å²) in [4.78, 5) is 24.9. The van der Waals surface area contributed by atoms with Crippen LogP contribution in [0.2, 0.25) is 5.02 Å². The molecular weight excluding hydrogens is 422 g/mol. The van der Waals surface area contributed by atoms with Crippen LogP contribution in [0.25, 0.3) is 10.8 Å². The molecule has 0 bridgehead atoms. The first-order valence-corrected chi connectivity index (χ1v) is 10.7. The summed E-state index contributed by atoms with van der Waals surface area (Å²) >= 11 is 6.56. The van der Waals surface area contributed by atoms with E-state index >= 15 is 0 Å². The Morgan fingerprint density at radius 1 is 0.875 bits per heavy atom. The number of esters is 1. The molecule has 4 rings (SSSR count). The van der Waals surface area contributed by atoms with Crippen LogP contribution in [0, 0.1) is 0 Å². The van der Waals surface area contributed by atoms with Crippen molar-refractivity contribution in [1.82, 2.24) is 5.32 Å². The van der Waals surface area contributed by atoms with Gasteiger partial charge < -0.3 is 10.1 Å². The predicted octanol–water partition coefficient (Wildman–Crippen LogP) is 5.87. The van der Waals surface area contributed by atoms with Gasteiger partial charge in [-0.25, -0.2) is 0 Å². The molecule has 0 aliphatic rings. The Morgan fingerprint density at radius 2 is 1.56 bits per heavy atom. The summed E-state index contributed by atoms with van der Waals surface area (Å²) in [6, 6.07) is 27.7. The van der Waals surface area contributed by atoms with Gasteiger partial charge in [-0.2, -0.15) is 0 Å². The fourth-order valence-electron chi connectivity index (χ4n) is 3.83. The topological polar surface area (TPSA) is 55.4 Å². The van der Waals surface area contributed by atoms with E-state index in [2.05, 4.69) is 5.32 Å². The summed E-state index contributed by atoms with van der Waals surface area (Å²) < 4.78 is 5.56. The third kappa shape index (κ3) is 4.82. The summed E-state index contributed by atoms with van der Waals surface area (Å²) in [5.74, 6) is -0.209. The zero-order valence-electron chi connectivity index (χ0n) is 17.5. The number of amides is 1. The molecule has 5 heteroatoms. The second-order valence-electron chi connectivity index (χ2n) is 7.48. The summed E-state index contributed by atoms with van der Waals surface area (Å²) in [6.07, 6.45) is 0.218. The molecule has 0 heterocycles. The van der Waals surface area contributed by atoms with Crippen LogP contribution in [0.4, 0.5) is 0 Å². The monoisotopic (exact) mass is 443 g/mol. The molecule has 1 amide bonds. The van der Waals surface area contributed by atoms with Crippen LogP contribution in [0.15, 0.2) is 91.0 Å². The van der Waals surface area contributed by atoms with Crippen LogP contribution in [0.5, 0.6) is 5.75 Å². The van der Waals surface area contributed by atoms with E-state index in [1.807, 2.05) is 78.9 Å². The van der Waals surface area contributed by atoms with Crippen LogP contribution in [-0.2, 0) is 16.0 Å². The number of rotatable bonds is 6. The predicted molar refractivity (Wildman–Crippen MR) is 127 cm³/mol. The van der Waals surface area contributed by atoms with Gasteiger partial charge in [0, 0.05) is 17.5 Å². The first-order chi connectivity index (χ1) is 15.5. The van der Waals surface area contributed by atoms with Gasteiger partial charge in [0.15, 0.2) is 0 Å². The molecule has 4 nitrogen and oxygen atoms in total. The third-order valence-corrected chi connectivity index (χ3v) is 5.55. The number of nitrogens with one attached hydrogen (secondary N) is 1. The number of hydrogen-bond donors (Lipinski definition) is 1. The van der Waals surface area contributed by atoms with Crippen molar-refractivity contribution in [3.05, 3.63) is 113 Å². The summed E-state index contributed by atoms with van der Waals surface area (Å²) in [5, 5.41) is 5.48. The normalized spacial score (nSPS) is 11.7. The number of carbonyl (C=O) groups is 2. The number of ether oxygens (including phenoxy) is 1. The molecule has 160 valence electrons. The molecule has 4 aromatic rings. The fraction of sp³-hybridized carbons (Fsp3) is 0.111. The van der Waals surface area contributed by atoms with E-state index in [4.69, 9.17) is 16.3 Å². The Kier molecular flexibility index (Phi) is 6.52. The van der Waals surface area contributed by atoms with Crippen molar-refractivity contribution >= 4 is 34.2 Å². The van der Waals surface area contributed by atoms with E-state index in [1.54, 1.807) is 12.1 Å². The zero-order valence-corrected chi connectivity index (χ0v) is 18.3. The highest BCUT2D eigenvalue weighted by molar-refractivity contribution is 6.31. The highest BCUT2D eigenvalue weighted by Gasteiger charge is 2.25. The smallest absolute Gasteiger partial charge is 0.308 e. The maximum absolute atomic E-state index is 13.1. The summed E-state index contributed by atoms with van der Waals surface area (Å²) in [7, 11) is 0. The van der Waals surface area contributed by atoms with Gasteiger partial charge in [-0.05, 0) is 34.0 Å². The lowest BCUT2D eigenvalue weighted by Crippen LogP contribution is -2.31. The van der Waals surface area contributed by atoms with Crippen molar-refractivity contribution < 1.29 is 14.3 Å². The lowest BCUT2D eigenvalue weighted by atomic mass is 9.92. The summed E-state index contributed by atoms with van der Waals surface area (Å²) in [6.45, 7) is 1.36. The number of halogens is 1. The van der Waals surface area contributed by atoms with Crippen LogP contribution in [0.3, 0.4) is 0 Å². The molecule has 0 aliphatic carbocycles. The van der Waals surface area contributed by atoms with Gasteiger partial charge in [-0.15, -0.1) is 0 Å². The Morgan fingerprint density at radius 3 is 2.31 bits per heavy atom. The van der Waals surface area contributed by atoms with Crippen molar-refractivity contribution in [2.45, 2.75) is 19.4 Å². The number of hydrogen-bond acceptors (Lipinski definition) is 3. The minimum atomic E-state index is -0.611. The number of benzene rings is 4. The quantitative estimate of drug-likeness (QED) is 0.299. The van der Waals surface area contributed by atoms with Gasteiger partial charge in [-0.3, -0.25) is 9.59 Å². The highest BCUT2D eigenvalue weighted by atomic mass is 35.5. The van der Waals surface area contributed by atoms with E-state index in [1.165, 1.54) is 6.92 Å². The number of fused-ring (bicyclic) bond motifs is 1.